The van der Waals surface area contributed by atoms with Crippen molar-refractivity contribution in [1.82, 2.24) is 5.32 Å². The fraction of sp³-hybridized carbons (Fsp3) is 0.667. The van der Waals surface area contributed by atoms with Crippen molar-refractivity contribution in [2.75, 3.05) is 6.54 Å². The minimum atomic E-state index is -0.702. The van der Waals surface area contributed by atoms with Gasteiger partial charge in [-0.15, -0.1) is 0 Å². The predicted molar refractivity (Wildman–Crippen MR) is 83.3 cm³/mol. The van der Waals surface area contributed by atoms with Crippen LogP contribution in [0.25, 0.3) is 0 Å². The summed E-state index contributed by atoms with van der Waals surface area (Å²) >= 11 is 0. The summed E-state index contributed by atoms with van der Waals surface area (Å²) < 4.78 is 28.4. The van der Waals surface area contributed by atoms with Gasteiger partial charge in [0, 0.05) is 11.6 Å². The van der Waals surface area contributed by atoms with Gasteiger partial charge in [0.05, 0.1) is 0 Å². The van der Waals surface area contributed by atoms with Crippen LogP contribution in [0.15, 0.2) is 12.1 Å². The van der Waals surface area contributed by atoms with Crippen LogP contribution in [-0.2, 0) is 0 Å². The second-order valence-electron chi connectivity index (χ2n) is 7.02. The van der Waals surface area contributed by atoms with Gasteiger partial charge in [0.2, 0.25) is 0 Å². The van der Waals surface area contributed by atoms with Gasteiger partial charge in [0.25, 0.3) is 0 Å². The Kier molecular flexibility index (Phi) is 5.03. The van der Waals surface area contributed by atoms with Crippen molar-refractivity contribution in [1.29, 1.82) is 0 Å². The zero-order chi connectivity index (χ0) is 15.6. The SMILES string of the molecule is CCCNC(c1ccc(C)c(F)c1F)C1CCCC1(C)C. The molecule has 1 N–H and O–H groups in total. The Morgan fingerprint density at radius 1 is 1.29 bits per heavy atom. The van der Waals surface area contributed by atoms with E-state index in [0.29, 0.717) is 17.0 Å². The molecule has 3 heteroatoms. The van der Waals surface area contributed by atoms with E-state index in [0.717, 1.165) is 32.2 Å². The Hall–Kier alpha value is -0.960. The standard InChI is InChI=1S/C18H27F2N/c1-5-11-21-17(14-7-6-10-18(14,3)4)13-9-8-12(2)15(19)16(13)20/h8-9,14,17,21H,5-7,10-11H2,1-4H3. The molecule has 0 radical (unpaired) electrons. The van der Waals surface area contributed by atoms with Gasteiger partial charge >= 0.3 is 0 Å². The van der Waals surface area contributed by atoms with Gasteiger partial charge < -0.3 is 5.32 Å². The molecule has 2 atom stereocenters. The maximum Gasteiger partial charge on any atom is 0.163 e. The molecular formula is C18H27F2N. The molecule has 2 unspecified atom stereocenters. The smallest absolute Gasteiger partial charge is 0.163 e. The van der Waals surface area contributed by atoms with Crippen LogP contribution >= 0.6 is 0 Å². The molecule has 0 spiro atoms. The maximum absolute atomic E-state index is 14.4. The summed E-state index contributed by atoms with van der Waals surface area (Å²) in [7, 11) is 0. The number of rotatable bonds is 5. The molecule has 0 aliphatic heterocycles. The predicted octanol–water partition coefficient (Wildman–Crippen LogP) is 5.14. The first kappa shape index (κ1) is 16.4. The van der Waals surface area contributed by atoms with Crippen molar-refractivity contribution in [3.63, 3.8) is 0 Å². The molecule has 1 aromatic carbocycles. The van der Waals surface area contributed by atoms with E-state index in [1.54, 1.807) is 19.1 Å². The molecule has 21 heavy (non-hydrogen) atoms. The second-order valence-corrected chi connectivity index (χ2v) is 7.02. The molecule has 1 aliphatic carbocycles. The Balaban J connectivity index is 2.39. The molecule has 118 valence electrons. The molecular weight excluding hydrogens is 268 g/mol. The summed E-state index contributed by atoms with van der Waals surface area (Å²) in [4.78, 5) is 0. The third-order valence-electron chi connectivity index (χ3n) is 5.00. The Labute approximate surface area is 127 Å². The van der Waals surface area contributed by atoms with Crippen LogP contribution in [0.4, 0.5) is 8.78 Å². The summed E-state index contributed by atoms with van der Waals surface area (Å²) in [6.45, 7) is 9.01. The molecule has 1 aromatic rings. The maximum atomic E-state index is 14.4. The van der Waals surface area contributed by atoms with Gasteiger partial charge in [0.15, 0.2) is 11.6 Å². The second kappa shape index (κ2) is 6.43. The zero-order valence-corrected chi connectivity index (χ0v) is 13.6. The number of nitrogens with one attached hydrogen (secondary N) is 1. The third kappa shape index (κ3) is 3.28. The molecule has 2 rings (SSSR count). The summed E-state index contributed by atoms with van der Waals surface area (Å²) in [6.07, 6.45) is 4.37. The molecule has 1 fully saturated rings. The zero-order valence-electron chi connectivity index (χ0n) is 13.6. The van der Waals surface area contributed by atoms with Gasteiger partial charge in [-0.3, -0.25) is 0 Å². The third-order valence-corrected chi connectivity index (χ3v) is 5.00. The molecule has 1 saturated carbocycles. The monoisotopic (exact) mass is 295 g/mol. The highest BCUT2D eigenvalue weighted by atomic mass is 19.2. The van der Waals surface area contributed by atoms with Crippen LogP contribution in [0.5, 0.6) is 0 Å². The van der Waals surface area contributed by atoms with Crippen LogP contribution in [0, 0.1) is 29.9 Å². The molecule has 0 bridgehead atoms. The van der Waals surface area contributed by atoms with Crippen LogP contribution in [0.2, 0.25) is 0 Å². The highest BCUT2D eigenvalue weighted by Crippen LogP contribution is 2.49. The summed E-state index contributed by atoms with van der Waals surface area (Å²) in [5.41, 5.74) is 1.03. The van der Waals surface area contributed by atoms with Gasteiger partial charge in [-0.1, -0.05) is 39.3 Å². The molecule has 1 aliphatic rings. The van der Waals surface area contributed by atoms with Crippen LogP contribution in [-0.4, -0.2) is 6.54 Å². The van der Waals surface area contributed by atoms with Crippen molar-refractivity contribution < 1.29 is 8.78 Å². The van der Waals surface area contributed by atoms with Crippen molar-refractivity contribution in [3.05, 3.63) is 34.9 Å². The van der Waals surface area contributed by atoms with Crippen molar-refractivity contribution in [2.45, 2.75) is 59.4 Å². The van der Waals surface area contributed by atoms with E-state index in [1.165, 1.54) is 0 Å². The summed E-state index contributed by atoms with van der Waals surface area (Å²) in [5.74, 6) is -1.03. The average Bonchev–Trinajstić information content (AvgIpc) is 2.78. The van der Waals surface area contributed by atoms with E-state index in [4.69, 9.17) is 0 Å². The van der Waals surface area contributed by atoms with E-state index in [2.05, 4.69) is 26.1 Å². The average molecular weight is 295 g/mol. The minimum Gasteiger partial charge on any atom is -0.310 e. The lowest BCUT2D eigenvalue weighted by Crippen LogP contribution is -2.35. The fourth-order valence-corrected chi connectivity index (χ4v) is 3.64. The van der Waals surface area contributed by atoms with E-state index >= 15 is 0 Å². The molecule has 1 nitrogen and oxygen atoms in total. The molecule has 0 saturated heterocycles. The molecule has 0 amide bonds. The van der Waals surface area contributed by atoms with Gasteiger partial charge in [-0.05, 0) is 49.6 Å². The minimum absolute atomic E-state index is 0.0995. The quantitative estimate of drug-likeness (QED) is 0.793. The van der Waals surface area contributed by atoms with Crippen molar-refractivity contribution in [3.8, 4) is 0 Å². The highest BCUT2D eigenvalue weighted by molar-refractivity contribution is 5.29. The lowest BCUT2D eigenvalue weighted by molar-refractivity contribution is 0.194. The first-order valence-electron chi connectivity index (χ1n) is 8.06. The van der Waals surface area contributed by atoms with Crippen LogP contribution in [0.3, 0.4) is 0 Å². The lowest BCUT2D eigenvalue weighted by Gasteiger charge is -2.35. The number of hydrogen-bond acceptors (Lipinski definition) is 1. The molecule has 0 heterocycles. The van der Waals surface area contributed by atoms with E-state index in [1.807, 2.05) is 0 Å². The number of hydrogen-bond donors (Lipinski definition) is 1. The Morgan fingerprint density at radius 2 is 2.00 bits per heavy atom. The lowest BCUT2D eigenvalue weighted by atomic mass is 9.75. The number of halogens is 2. The first-order chi connectivity index (χ1) is 9.88. The van der Waals surface area contributed by atoms with E-state index < -0.39 is 11.6 Å². The van der Waals surface area contributed by atoms with Crippen molar-refractivity contribution >= 4 is 0 Å². The van der Waals surface area contributed by atoms with Gasteiger partial charge in [-0.25, -0.2) is 8.78 Å². The van der Waals surface area contributed by atoms with E-state index in [-0.39, 0.29) is 11.5 Å². The van der Waals surface area contributed by atoms with Gasteiger partial charge in [0.1, 0.15) is 0 Å². The Morgan fingerprint density at radius 3 is 2.57 bits per heavy atom. The summed E-state index contributed by atoms with van der Waals surface area (Å²) in [6, 6.07) is 3.35. The molecule has 0 aromatic heterocycles. The largest absolute Gasteiger partial charge is 0.310 e. The number of benzene rings is 1. The normalized spacial score (nSPS) is 22.5. The summed E-state index contributed by atoms with van der Waals surface area (Å²) in [5, 5.41) is 3.46. The topological polar surface area (TPSA) is 12.0 Å². The van der Waals surface area contributed by atoms with Crippen LogP contribution < -0.4 is 5.32 Å². The van der Waals surface area contributed by atoms with Crippen molar-refractivity contribution in [2.24, 2.45) is 11.3 Å². The van der Waals surface area contributed by atoms with Gasteiger partial charge in [-0.2, -0.15) is 0 Å². The Bertz CT molecular complexity index is 496. The number of aryl methyl sites for hydroxylation is 1. The fourth-order valence-electron chi connectivity index (χ4n) is 3.64. The highest BCUT2D eigenvalue weighted by Gasteiger charge is 2.41. The van der Waals surface area contributed by atoms with E-state index in [9.17, 15) is 8.78 Å². The van der Waals surface area contributed by atoms with Crippen LogP contribution in [0.1, 0.15) is 63.6 Å². The first-order valence-corrected chi connectivity index (χ1v) is 8.06.